The Balaban J connectivity index is 1.69. The Bertz CT molecular complexity index is 1010. The molecule has 0 unspecified atom stereocenters. The summed E-state index contributed by atoms with van der Waals surface area (Å²) < 4.78 is 0.924. The molecule has 3 N–H and O–H groups in total. The minimum atomic E-state index is -0.116. The largest absolute Gasteiger partial charge is 0.351 e. The number of rotatable bonds is 5. The molecule has 0 saturated carbocycles. The van der Waals surface area contributed by atoms with E-state index in [-0.39, 0.29) is 11.8 Å². The number of hydrogen-bond acceptors (Lipinski definition) is 3. The Morgan fingerprint density at radius 1 is 1.24 bits per heavy atom. The van der Waals surface area contributed by atoms with E-state index in [4.69, 9.17) is 0 Å². The molecule has 0 fully saturated rings. The van der Waals surface area contributed by atoms with E-state index in [2.05, 4.69) is 31.5 Å². The molecule has 0 radical (unpaired) electrons. The van der Waals surface area contributed by atoms with Gasteiger partial charge in [0.05, 0.1) is 5.57 Å². The summed E-state index contributed by atoms with van der Waals surface area (Å²) in [6.45, 7) is 1.39. The van der Waals surface area contributed by atoms with Crippen molar-refractivity contribution in [3.05, 3.63) is 50.8 Å². The van der Waals surface area contributed by atoms with Crippen molar-refractivity contribution in [2.75, 3.05) is 32.5 Å². The summed E-state index contributed by atoms with van der Waals surface area (Å²) in [5.41, 5.74) is 6.08. The van der Waals surface area contributed by atoms with Crippen LogP contribution in [0.5, 0.6) is 0 Å². The van der Waals surface area contributed by atoms with Gasteiger partial charge in [-0.1, -0.05) is 15.9 Å². The third-order valence-corrected chi connectivity index (χ3v) is 5.97. The van der Waals surface area contributed by atoms with Crippen molar-refractivity contribution < 1.29 is 9.59 Å². The van der Waals surface area contributed by atoms with Gasteiger partial charge in [-0.2, -0.15) is 0 Å². The van der Waals surface area contributed by atoms with Crippen LogP contribution in [0.1, 0.15) is 45.7 Å². The average Bonchev–Trinajstić information content (AvgIpc) is 3.20. The van der Waals surface area contributed by atoms with Crippen molar-refractivity contribution in [1.82, 2.24) is 15.2 Å². The maximum Gasteiger partial charge on any atom is 0.268 e. The lowest BCUT2D eigenvalue weighted by molar-refractivity contribution is -0.110. The van der Waals surface area contributed by atoms with Gasteiger partial charge in [0.2, 0.25) is 0 Å². The highest BCUT2D eigenvalue weighted by Crippen LogP contribution is 2.37. The first kappa shape index (κ1) is 19.9. The predicted molar refractivity (Wildman–Crippen MR) is 119 cm³/mol. The number of nitrogens with one attached hydrogen (secondary N) is 3. The lowest BCUT2D eigenvalue weighted by Gasteiger charge is -2.14. The Hall–Kier alpha value is -2.38. The van der Waals surface area contributed by atoms with E-state index >= 15 is 0 Å². The van der Waals surface area contributed by atoms with E-state index in [1.54, 1.807) is 0 Å². The van der Waals surface area contributed by atoms with Crippen molar-refractivity contribution in [3.8, 4) is 0 Å². The smallest absolute Gasteiger partial charge is 0.268 e. The number of amides is 2. The zero-order valence-electron chi connectivity index (χ0n) is 16.7. The summed E-state index contributed by atoms with van der Waals surface area (Å²) in [6.07, 6.45) is 5.88. The van der Waals surface area contributed by atoms with Crippen LogP contribution in [0.25, 0.3) is 11.6 Å². The number of aromatic nitrogens is 1. The standard InChI is InChI=1S/C22H25BrN4O2/c1-27(2)10-9-24-22(29)20-15-6-4-3-5-14(15)19(25-20)12-17-16-11-13(23)7-8-18(16)26-21(17)28/h7-8,11-12,25H,3-6,9-10H2,1-2H3,(H,24,29)(H,26,28)/b17-12-. The fraction of sp³-hybridized carbons (Fsp3) is 0.364. The highest BCUT2D eigenvalue weighted by Gasteiger charge is 2.27. The first-order valence-corrected chi connectivity index (χ1v) is 10.7. The summed E-state index contributed by atoms with van der Waals surface area (Å²) in [5.74, 6) is -0.192. The van der Waals surface area contributed by atoms with Crippen LogP contribution < -0.4 is 10.6 Å². The van der Waals surface area contributed by atoms with Gasteiger partial charge < -0.3 is 20.5 Å². The Labute approximate surface area is 178 Å². The second kappa shape index (κ2) is 8.16. The number of halogens is 1. The van der Waals surface area contributed by atoms with Crippen LogP contribution in [0.15, 0.2) is 22.7 Å². The van der Waals surface area contributed by atoms with Crippen LogP contribution in [0, 0.1) is 0 Å². The summed E-state index contributed by atoms with van der Waals surface area (Å²) in [7, 11) is 3.96. The van der Waals surface area contributed by atoms with Gasteiger partial charge in [-0.05, 0) is 75.2 Å². The molecule has 6 nitrogen and oxygen atoms in total. The SMILES string of the molecule is CN(C)CCNC(=O)c1[nH]c(/C=C2\C(=O)Nc3ccc(Br)cc32)c2c1CCCC2. The van der Waals surface area contributed by atoms with Crippen LogP contribution in [0.3, 0.4) is 0 Å². The number of likely N-dealkylation sites (N-methyl/N-ethyl adjacent to an activating group) is 1. The second-order valence-corrected chi connectivity index (χ2v) is 8.75. The molecular weight excluding hydrogens is 432 g/mol. The molecule has 1 aromatic heterocycles. The van der Waals surface area contributed by atoms with E-state index in [9.17, 15) is 9.59 Å². The molecule has 1 aliphatic heterocycles. The average molecular weight is 457 g/mol. The van der Waals surface area contributed by atoms with Crippen molar-refractivity contribution in [2.24, 2.45) is 0 Å². The first-order chi connectivity index (χ1) is 13.9. The maximum absolute atomic E-state index is 12.8. The van der Waals surface area contributed by atoms with Crippen LogP contribution in [0.4, 0.5) is 5.69 Å². The van der Waals surface area contributed by atoms with Crippen molar-refractivity contribution in [1.29, 1.82) is 0 Å². The van der Waals surface area contributed by atoms with E-state index in [1.807, 2.05) is 43.3 Å². The summed E-state index contributed by atoms with van der Waals surface area (Å²) >= 11 is 3.48. The van der Waals surface area contributed by atoms with Gasteiger partial charge in [0.15, 0.2) is 0 Å². The van der Waals surface area contributed by atoms with Gasteiger partial charge in [0.1, 0.15) is 5.69 Å². The fourth-order valence-electron chi connectivity index (χ4n) is 4.01. The summed E-state index contributed by atoms with van der Waals surface area (Å²) in [5, 5.41) is 5.92. The fourth-order valence-corrected chi connectivity index (χ4v) is 4.37. The lowest BCUT2D eigenvalue weighted by atomic mass is 9.91. The minimum absolute atomic E-state index is 0.0753. The molecule has 1 aromatic carbocycles. The molecule has 0 atom stereocenters. The molecule has 2 amide bonds. The van der Waals surface area contributed by atoms with E-state index in [1.165, 1.54) is 0 Å². The molecule has 29 heavy (non-hydrogen) atoms. The van der Waals surface area contributed by atoms with Crippen LogP contribution in [0.2, 0.25) is 0 Å². The van der Waals surface area contributed by atoms with Crippen molar-refractivity contribution in [3.63, 3.8) is 0 Å². The number of nitrogens with zero attached hydrogens (tertiary/aromatic N) is 1. The van der Waals surface area contributed by atoms with Crippen LogP contribution >= 0.6 is 15.9 Å². The third kappa shape index (κ3) is 4.02. The molecule has 1 aliphatic carbocycles. The molecular formula is C22H25BrN4O2. The molecule has 2 aliphatic rings. The van der Waals surface area contributed by atoms with Gasteiger partial charge in [-0.15, -0.1) is 0 Å². The molecule has 0 saturated heterocycles. The van der Waals surface area contributed by atoms with E-state index in [0.29, 0.717) is 17.8 Å². The number of aromatic amines is 1. The minimum Gasteiger partial charge on any atom is -0.351 e. The van der Waals surface area contributed by atoms with Gasteiger partial charge >= 0.3 is 0 Å². The number of anilines is 1. The van der Waals surface area contributed by atoms with Crippen LogP contribution in [-0.2, 0) is 17.6 Å². The molecule has 4 rings (SSSR count). The third-order valence-electron chi connectivity index (χ3n) is 5.48. The molecule has 152 valence electrons. The number of benzene rings is 1. The van der Waals surface area contributed by atoms with Gasteiger partial charge in [0.25, 0.3) is 11.8 Å². The quantitative estimate of drug-likeness (QED) is 0.603. The predicted octanol–water partition coefficient (Wildman–Crippen LogP) is 3.44. The Morgan fingerprint density at radius 2 is 2.00 bits per heavy atom. The van der Waals surface area contributed by atoms with E-state index < -0.39 is 0 Å². The lowest BCUT2D eigenvalue weighted by Crippen LogP contribution is -2.32. The van der Waals surface area contributed by atoms with E-state index in [0.717, 1.165) is 64.8 Å². The zero-order chi connectivity index (χ0) is 20.5. The highest BCUT2D eigenvalue weighted by molar-refractivity contribution is 9.10. The first-order valence-electron chi connectivity index (χ1n) is 9.93. The summed E-state index contributed by atoms with van der Waals surface area (Å²) in [4.78, 5) is 30.7. The number of carbonyl (C=O) groups excluding carboxylic acids is 2. The van der Waals surface area contributed by atoms with Gasteiger partial charge in [0, 0.05) is 34.5 Å². The maximum atomic E-state index is 12.8. The number of fused-ring (bicyclic) bond motifs is 2. The van der Waals surface area contributed by atoms with Crippen molar-refractivity contribution >= 4 is 45.1 Å². The highest BCUT2D eigenvalue weighted by atomic mass is 79.9. The van der Waals surface area contributed by atoms with Crippen LogP contribution in [-0.4, -0.2) is 48.9 Å². The molecule has 0 bridgehead atoms. The number of carbonyl (C=O) groups is 2. The van der Waals surface area contributed by atoms with Gasteiger partial charge in [-0.3, -0.25) is 9.59 Å². The number of H-pyrrole nitrogens is 1. The second-order valence-electron chi connectivity index (χ2n) is 7.84. The zero-order valence-corrected chi connectivity index (χ0v) is 18.3. The van der Waals surface area contributed by atoms with Crippen molar-refractivity contribution in [2.45, 2.75) is 25.7 Å². The normalized spacial score (nSPS) is 16.7. The monoisotopic (exact) mass is 456 g/mol. The van der Waals surface area contributed by atoms with Gasteiger partial charge in [-0.25, -0.2) is 0 Å². The molecule has 7 heteroatoms. The topological polar surface area (TPSA) is 77.2 Å². The molecule has 2 heterocycles. The molecule has 0 spiro atoms. The summed E-state index contributed by atoms with van der Waals surface area (Å²) in [6, 6.07) is 5.75. The number of hydrogen-bond donors (Lipinski definition) is 3. The Kier molecular flexibility index (Phi) is 5.61. The molecule has 2 aromatic rings. The Morgan fingerprint density at radius 3 is 2.76 bits per heavy atom.